The highest BCUT2D eigenvalue weighted by Gasteiger charge is 1.90. The molecule has 0 amide bonds. The molecular formula is H6N4O3. The molecule has 6 N–H and O–H groups in total. The zero-order valence-electron chi connectivity index (χ0n) is 3.29. The average Bonchev–Trinajstić information content (AvgIpc) is 1.72. The topological polar surface area (TPSA) is 100 Å². The maximum absolute atomic E-state index is 7.76. The summed E-state index contributed by atoms with van der Waals surface area (Å²) < 4.78 is 0. The van der Waals surface area contributed by atoms with Crippen LogP contribution >= 0.6 is 0 Å². The van der Waals surface area contributed by atoms with Crippen LogP contribution in [0.15, 0.2) is 0 Å². The van der Waals surface area contributed by atoms with Gasteiger partial charge in [0.25, 0.3) is 0 Å². The molecule has 0 saturated carbocycles. The first-order chi connectivity index (χ1) is 3.35. The number of hydrogen-bond acceptors (Lipinski definition) is 7. The van der Waals surface area contributed by atoms with E-state index in [1.165, 1.54) is 16.8 Å². The fraction of sp³-hybridized carbons (Fsp3) is 0. The van der Waals surface area contributed by atoms with Gasteiger partial charge in [-0.15, -0.1) is 16.8 Å². The van der Waals surface area contributed by atoms with E-state index in [1.807, 2.05) is 0 Å². The van der Waals surface area contributed by atoms with Crippen LogP contribution in [0.25, 0.3) is 0 Å². The zero-order chi connectivity index (χ0) is 5.70. The van der Waals surface area contributed by atoms with Crippen molar-refractivity contribution in [1.82, 2.24) is 22.0 Å². The SMILES string of the molecule is ONN(NO)NO. The second-order valence-corrected chi connectivity index (χ2v) is 0.635. The molecule has 0 bridgehead atoms. The van der Waals surface area contributed by atoms with E-state index in [0.717, 1.165) is 0 Å². The van der Waals surface area contributed by atoms with Crippen molar-refractivity contribution < 1.29 is 15.6 Å². The van der Waals surface area contributed by atoms with Gasteiger partial charge in [-0.2, -0.15) is 0 Å². The minimum atomic E-state index is 0.292. The summed E-state index contributed by atoms with van der Waals surface area (Å²) in [6.07, 6.45) is 0. The molecule has 0 rings (SSSR count). The second-order valence-electron chi connectivity index (χ2n) is 0.635. The van der Waals surface area contributed by atoms with Crippen LogP contribution < -0.4 is 16.8 Å². The average molecular weight is 110 g/mol. The minimum absolute atomic E-state index is 0.292. The Morgan fingerprint density at radius 1 is 0.857 bits per heavy atom. The maximum atomic E-state index is 7.76. The lowest BCUT2D eigenvalue weighted by Gasteiger charge is -2.11. The Labute approximate surface area is 38.9 Å². The Morgan fingerprint density at radius 2 is 1.14 bits per heavy atom. The van der Waals surface area contributed by atoms with Crippen molar-refractivity contribution >= 4 is 0 Å². The molecule has 0 aromatic heterocycles. The van der Waals surface area contributed by atoms with Gasteiger partial charge in [0.1, 0.15) is 0 Å². The van der Waals surface area contributed by atoms with E-state index in [-0.39, 0.29) is 0 Å². The first-order valence-electron chi connectivity index (χ1n) is 1.34. The van der Waals surface area contributed by atoms with Gasteiger partial charge in [-0.05, 0) is 5.23 Å². The van der Waals surface area contributed by atoms with Crippen LogP contribution in [-0.4, -0.2) is 20.8 Å². The van der Waals surface area contributed by atoms with Gasteiger partial charge in [0, 0.05) is 0 Å². The Kier molecular flexibility index (Phi) is 3.74. The first kappa shape index (κ1) is 6.72. The van der Waals surface area contributed by atoms with Gasteiger partial charge in [-0.3, -0.25) is 15.6 Å². The van der Waals surface area contributed by atoms with Crippen molar-refractivity contribution in [2.24, 2.45) is 0 Å². The van der Waals surface area contributed by atoms with Crippen LogP contribution in [0.2, 0.25) is 0 Å². The minimum Gasteiger partial charge on any atom is -0.299 e. The maximum Gasteiger partial charge on any atom is -0.0402 e. The molecule has 0 saturated heterocycles. The summed E-state index contributed by atoms with van der Waals surface area (Å²) in [4.78, 5) is 0. The Bertz CT molecular complexity index is 28.4. The molecule has 0 spiro atoms. The van der Waals surface area contributed by atoms with Crippen molar-refractivity contribution in [3.63, 3.8) is 0 Å². The lowest BCUT2D eigenvalue weighted by molar-refractivity contribution is -0.227. The zero-order valence-corrected chi connectivity index (χ0v) is 3.29. The Morgan fingerprint density at radius 3 is 1.14 bits per heavy atom. The largest absolute Gasteiger partial charge is 0.299 e. The molecule has 0 fully saturated rings. The second kappa shape index (κ2) is 3.89. The molecule has 0 atom stereocenters. The fourth-order valence-electron chi connectivity index (χ4n) is 0.0671. The third-order valence-corrected chi connectivity index (χ3v) is 0.300. The van der Waals surface area contributed by atoms with Gasteiger partial charge >= 0.3 is 0 Å². The molecule has 0 aromatic carbocycles. The van der Waals surface area contributed by atoms with Crippen LogP contribution in [0, 0.1) is 0 Å². The first-order valence-corrected chi connectivity index (χ1v) is 1.34. The predicted octanol–water partition coefficient (Wildman–Crippen LogP) is -2.03. The standard InChI is InChI=1S/H6N4O3/c5-1-4(2-6)3-7/h1-3,5-7H. The third kappa shape index (κ3) is 2.42. The van der Waals surface area contributed by atoms with Crippen molar-refractivity contribution in [3.8, 4) is 0 Å². The molecule has 0 aromatic rings. The molecule has 0 heterocycles. The summed E-state index contributed by atoms with van der Waals surface area (Å²) in [5.41, 5.74) is 3.94. The summed E-state index contributed by atoms with van der Waals surface area (Å²) in [5.74, 6) is 0. The van der Waals surface area contributed by atoms with E-state index in [4.69, 9.17) is 15.6 Å². The predicted molar refractivity (Wildman–Crippen MR) is 16.6 cm³/mol. The van der Waals surface area contributed by atoms with E-state index >= 15 is 0 Å². The highest BCUT2D eigenvalue weighted by molar-refractivity contribution is 3.93. The van der Waals surface area contributed by atoms with E-state index in [0.29, 0.717) is 5.23 Å². The molecule has 44 valence electrons. The normalized spacial score (nSPS) is 10.3. The lowest BCUT2D eigenvalue weighted by Crippen LogP contribution is -2.52. The van der Waals surface area contributed by atoms with Crippen LogP contribution in [0.3, 0.4) is 0 Å². The summed E-state index contributed by atoms with van der Waals surface area (Å²) >= 11 is 0. The number of nitrogens with one attached hydrogen (secondary N) is 3. The Balaban J connectivity index is 2.99. The van der Waals surface area contributed by atoms with Gasteiger partial charge in [0.15, 0.2) is 0 Å². The van der Waals surface area contributed by atoms with Crippen LogP contribution in [-0.2, 0) is 0 Å². The van der Waals surface area contributed by atoms with Crippen LogP contribution in [0.5, 0.6) is 0 Å². The van der Waals surface area contributed by atoms with Crippen molar-refractivity contribution in [1.29, 1.82) is 0 Å². The molecule has 7 heavy (non-hydrogen) atoms. The fourth-order valence-corrected chi connectivity index (χ4v) is 0.0671. The van der Waals surface area contributed by atoms with Crippen LogP contribution in [0.1, 0.15) is 0 Å². The highest BCUT2D eigenvalue weighted by Crippen LogP contribution is 1.50. The molecule has 0 aliphatic carbocycles. The lowest BCUT2D eigenvalue weighted by atomic mass is 12.1. The van der Waals surface area contributed by atoms with Crippen molar-refractivity contribution in [2.45, 2.75) is 0 Å². The monoisotopic (exact) mass is 110 g/mol. The molecular weight excluding hydrogens is 104 g/mol. The highest BCUT2D eigenvalue weighted by atomic mass is 16.7. The Hall–Kier alpha value is -0.280. The van der Waals surface area contributed by atoms with E-state index in [1.54, 1.807) is 0 Å². The molecule has 0 aliphatic heterocycles. The van der Waals surface area contributed by atoms with E-state index < -0.39 is 0 Å². The third-order valence-electron chi connectivity index (χ3n) is 0.300. The summed E-state index contributed by atoms with van der Waals surface area (Å²) in [7, 11) is 0. The van der Waals surface area contributed by atoms with Crippen LogP contribution in [0.4, 0.5) is 0 Å². The summed E-state index contributed by atoms with van der Waals surface area (Å²) in [5, 5.41) is 23.6. The molecule has 7 nitrogen and oxygen atoms in total. The van der Waals surface area contributed by atoms with Crippen molar-refractivity contribution in [3.05, 3.63) is 0 Å². The number of rotatable bonds is 3. The van der Waals surface area contributed by atoms with Gasteiger partial charge < -0.3 is 0 Å². The molecule has 0 radical (unpaired) electrons. The number of hydrogen-bond donors (Lipinski definition) is 6. The number of nitrogens with zero attached hydrogens (tertiary/aromatic N) is 1. The van der Waals surface area contributed by atoms with E-state index in [9.17, 15) is 0 Å². The molecule has 0 unspecified atom stereocenters. The van der Waals surface area contributed by atoms with Gasteiger partial charge in [-0.25, -0.2) is 0 Å². The van der Waals surface area contributed by atoms with Gasteiger partial charge in [0.2, 0.25) is 0 Å². The quantitative estimate of drug-likeness (QED) is 0.233. The molecule has 7 heteroatoms. The van der Waals surface area contributed by atoms with Gasteiger partial charge in [-0.1, -0.05) is 0 Å². The van der Waals surface area contributed by atoms with E-state index in [2.05, 4.69) is 0 Å². The summed E-state index contributed by atoms with van der Waals surface area (Å²) in [6, 6.07) is 0. The smallest absolute Gasteiger partial charge is 0.0402 e. The van der Waals surface area contributed by atoms with Gasteiger partial charge in [0.05, 0.1) is 0 Å². The molecule has 0 aliphatic rings. The van der Waals surface area contributed by atoms with Crippen molar-refractivity contribution in [2.75, 3.05) is 0 Å². The summed E-state index contributed by atoms with van der Waals surface area (Å²) in [6.45, 7) is 0. The number of hydrazine groups is 3.